The van der Waals surface area contributed by atoms with Crippen molar-refractivity contribution in [3.05, 3.63) is 5.89 Å². The normalized spacial score (nSPS) is 19.1. The van der Waals surface area contributed by atoms with Gasteiger partial charge in [-0.1, -0.05) is 13.8 Å². The lowest BCUT2D eigenvalue weighted by molar-refractivity contribution is 0.121. The van der Waals surface area contributed by atoms with Gasteiger partial charge in [0.15, 0.2) is 0 Å². The number of hydrogen-bond donors (Lipinski definition) is 1. The molecule has 0 saturated carbocycles. The van der Waals surface area contributed by atoms with Gasteiger partial charge in [-0.25, -0.2) is 0 Å². The van der Waals surface area contributed by atoms with Gasteiger partial charge in [-0.05, 0) is 11.1 Å². The van der Waals surface area contributed by atoms with Crippen molar-refractivity contribution in [2.24, 2.45) is 11.7 Å². The van der Waals surface area contributed by atoms with Crippen LogP contribution >= 0.6 is 0 Å². The number of rotatable bonds is 3. The van der Waals surface area contributed by atoms with Crippen LogP contribution in [0.5, 0.6) is 0 Å². The zero-order valence-corrected chi connectivity index (χ0v) is 9.72. The highest BCUT2D eigenvalue weighted by Crippen LogP contribution is 2.19. The highest BCUT2D eigenvalue weighted by Gasteiger charge is 2.21. The molecule has 1 aliphatic rings. The van der Waals surface area contributed by atoms with E-state index < -0.39 is 0 Å². The third kappa shape index (κ3) is 2.33. The molecule has 2 heterocycles. The fourth-order valence-corrected chi connectivity index (χ4v) is 1.54. The van der Waals surface area contributed by atoms with Crippen molar-refractivity contribution >= 4 is 5.95 Å². The molecule has 1 aromatic rings. The maximum atomic E-state index is 5.94. The molecule has 0 aromatic carbocycles. The van der Waals surface area contributed by atoms with Crippen LogP contribution in [-0.4, -0.2) is 36.4 Å². The standard InChI is InChI=1S/C10H18N4O2/c1-7(2)8(11)9-12-10(13-16-9)14-3-5-15-6-4-14/h7-8H,3-6,11H2,1-2H3/t8-/m1/s1. The van der Waals surface area contributed by atoms with Crippen LogP contribution in [0, 0.1) is 5.92 Å². The second-order valence-corrected chi connectivity index (χ2v) is 4.30. The van der Waals surface area contributed by atoms with Crippen molar-refractivity contribution in [1.29, 1.82) is 0 Å². The zero-order chi connectivity index (χ0) is 11.5. The van der Waals surface area contributed by atoms with E-state index in [-0.39, 0.29) is 12.0 Å². The summed E-state index contributed by atoms with van der Waals surface area (Å²) in [4.78, 5) is 6.37. The van der Waals surface area contributed by atoms with Gasteiger partial charge in [0.25, 0.3) is 5.95 Å². The summed E-state index contributed by atoms with van der Waals surface area (Å²) < 4.78 is 10.4. The Labute approximate surface area is 94.7 Å². The van der Waals surface area contributed by atoms with E-state index in [2.05, 4.69) is 10.1 Å². The first kappa shape index (κ1) is 11.3. The molecule has 1 atom stereocenters. The molecule has 1 fully saturated rings. The Balaban J connectivity index is 2.06. The molecule has 0 aliphatic carbocycles. The van der Waals surface area contributed by atoms with E-state index in [4.69, 9.17) is 15.0 Å². The van der Waals surface area contributed by atoms with Gasteiger partial charge in [-0.15, -0.1) is 0 Å². The van der Waals surface area contributed by atoms with Crippen LogP contribution in [0.2, 0.25) is 0 Å². The maximum absolute atomic E-state index is 5.94. The summed E-state index contributed by atoms with van der Waals surface area (Å²) >= 11 is 0. The summed E-state index contributed by atoms with van der Waals surface area (Å²) in [5, 5.41) is 3.95. The van der Waals surface area contributed by atoms with Gasteiger partial charge < -0.3 is 19.9 Å². The number of anilines is 1. The van der Waals surface area contributed by atoms with Crippen LogP contribution < -0.4 is 10.6 Å². The van der Waals surface area contributed by atoms with Crippen LogP contribution in [0.25, 0.3) is 0 Å². The minimum atomic E-state index is -0.192. The number of aromatic nitrogens is 2. The summed E-state index contributed by atoms with van der Waals surface area (Å²) in [7, 11) is 0. The highest BCUT2D eigenvalue weighted by atomic mass is 16.5. The molecule has 16 heavy (non-hydrogen) atoms. The molecular formula is C10H18N4O2. The highest BCUT2D eigenvalue weighted by molar-refractivity contribution is 5.28. The Kier molecular flexibility index (Phi) is 3.40. The van der Waals surface area contributed by atoms with Crippen LogP contribution in [0.4, 0.5) is 5.95 Å². The number of ether oxygens (including phenoxy) is 1. The molecule has 0 radical (unpaired) electrons. The fourth-order valence-electron chi connectivity index (χ4n) is 1.54. The van der Waals surface area contributed by atoms with Gasteiger partial charge in [0.05, 0.1) is 19.3 Å². The van der Waals surface area contributed by atoms with Crippen LogP contribution in [0.3, 0.4) is 0 Å². The summed E-state index contributed by atoms with van der Waals surface area (Å²) in [6, 6.07) is -0.192. The monoisotopic (exact) mass is 226 g/mol. The lowest BCUT2D eigenvalue weighted by Crippen LogP contribution is -2.36. The first-order chi connectivity index (χ1) is 7.68. The van der Waals surface area contributed by atoms with E-state index in [1.165, 1.54) is 0 Å². The van der Waals surface area contributed by atoms with E-state index in [0.717, 1.165) is 13.1 Å². The molecule has 1 aromatic heterocycles. The average molecular weight is 226 g/mol. The molecule has 0 bridgehead atoms. The summed E-state index contributed by atoms with van der Waals surface area (Å²) in [6.07, 6.45) is 0. The SMILES string of the molecule is CC(C)[C@@H](N)c1nc(N2CCOCC2)no1. The molecule has 1 aliphatic heterocycles. The van der Waals surface area contributed by atoms with Crippen molar-refractivity contribution in [3.63, 3.8) is 0 Å². The van der Waals surface area contributed by atoms with Crippen molar-refractivity contribution < 1.29 is 9.26 Å². The second kappa shape index (κ2) is 4.80. The van der Waals surface area contributed by atoms with Gasteiger partial charge in [-0.3, -0.25) is 0 Å². The fraction of sp³-hybridized carbons (Fsp3) is 0.800. The van der Waals surface area contributed by atoms with E-state index in [0.29, 0.717) is 25.1 Å². The predicted octanol–water partition coefficient (Wildman–Crippen LogP) is 0.562. The van der Waals surface area contributed by atoms with Crippen LogP contribution in [-0.2, 0) is 4.74 Å². The van der Waals surface area contributed by atoms with Crippen molar-refractivity contribution in [2.75, 3.05) is 31.2 Å². The van der Waals surface area contributed by atoms with Gasteiger partial charge in [0.2, 0.25) is 5.89 Å². The Bertz CT molecular complexity index is 333. The quantitative estimate of drug-likeness (QED) is 0.811. The molecule has 0 spiro atoms. The Morgan fingerprint density at radius 3 is 2.62 bits per heavy atom. The number of morpholine rings is 1. The molecule has 6 nitrogen and oxygen atoms in total. The Hall–Kier alpha value is -1.14. The lowest BCUT2D eigenvalue weighted by Gasteiger charge is -2.24. The number of nitrogens with zero attached hydrogens (tertiary/aromatic N) is 3. The molecule has 1 saturated heterocycles. The maximum Gasteiger partial charge on any atom is 0.266 e. The molecule has 6 heteroatoms. The van der Waals surface area contributed by atoms with Gasteiger partial charge in [0.1, 0.15) is 0 Å². The van der Waals surface area contributed by atoms with Crippen LogP contribution in [0.1, 0.15) is 25.8 Å². The lowest BCUT2D eigenvalue weighted by atomic mass is 10.1. The first-order valence-corrected chi connectivity index (χ1v) is 5.60. The average Bonchev–Trinajstić information content (AvgIpc) is 2.78. The molecule has 2 rings (SSSR count). The number of hydrogen-bond acceptors (Lipinski definition) is 6. The summed E-state index contributed by atoms with van der Waals surface area (Å²) in [5.41, 5.74) is 5.94. The van der Waals surface area contributed by atoms with Crippen molar-refractivity contribution in [3.8, 4) is 0 Å². The molecular weight excluding hydrogens is 208 g/mol. The van der Waals surface area contributed by atoms with E-state index in [1.807, 2.05) is 18.7 Å². The zero-order valence-electron chi connectivity index (χ0n) is 9.72. The molecule has 0 unspecified atom stereocenters. The van der Waals surface area contributed by atoms with E-state index in [1.54, 1.807) is 0 Å². The molecule has 2 N–H and O–H groups in total. The second-order valence-electron chi connectivity index (χ2n) is 4.30. The Morgan fingerprint density at radius 1 is 1.31 bits per heavy atom. The smallest absolute Gasteiger partial charge is 0.266 e. The third-order valence-corrected chi connectivity index (χ3v) is 2.73. The Morgan fingerprint density at radius 2 is 2.00 bits per heavy atom. The minimum Gasteiger partial charge on any atom is -0.378 e. The molecule has 90 valence electrons. The minimum absolute atomic E-state index is 0.192. The van der Waals surface area contributed by atoms with E-state index >= 15 is 0 Å². The van der Waals surface area contributed by atoms with Crippen LogP contribution in [0.15, 0.2) is 4.52 Å². The van der Waals surface area contributed by atoms with Gasteiger partial charge in [0, 0.05) is 13.1 Å². The number of nitrogens with two attached hydrogens (primary N) is 1. The topological polar surface area (TPSA) is 77.4 Å². The summed E-state index contributed by atoms with van der Waals surface area (Å²) in [6.45, 7) is 7.08. The van der Waals surface area contributed by atoms with Gasteiger partial charge in [-0.2, -0.15) is 4.98 Å². The van der Waals surface area contributed by atoms with Crippen molar-refractivity contribution in [2.45, 2.75) is 19.9 Å². The summed E-state index contributed by atoms with van der Waals surface area (Å²) in [5.74, 6) is 1.42. The first-order valence-electron chi connectivity index (χ1n) is 5.60. The largest absolute Gasteiger partial charge is 0.378 e. The van der Waals surface area contributed by atoms with Crippen molar-refractivity contribution in [1.82, 2.24) is 10.1 Å². The van der Waals surface area contributed by atoms with Gasteiger partial charge >= 0.3 is 0 Å². The molecule has 0 amide bonds. The predicted molar refractivity (Wildman–Crippen MR) is 59.1 cm³/mol. The van der Waals surface area contributed by atoms with E-state index in [9.17, 15) is 0 Å². The third-order valence-electron chi connectivity index (χ3n) is 2.73.